The Morgan fingerprint density at radius 1 is 1.21 bits per heavy atom. The van der Waals surface area contributed by atoms with Gasteiger partial charge in [0.15, 0.2) is 0 Å². The highest BCUT2D eigenvalue weighted by molar-refractivity contribution is 5.81. The number of aliphatic hydroxyl groups excluding tert-OH is 1. The average molecular weight is 338 g/mol. The Morgan fingerprint density at radius 3 is 2.33 bits per heavy atom. The molecule has 134 valence electrons. The first kappa shape index (κ1) is 20.1. The van der Waals surface area contributed by atoms with Crippen LogP contribution in [0.25, 0.3) is 0 Å². The SMILES string of the molecule is CC(NC(=O)CCCNC(=O)C(C)(C)C)C(O)c1ccc(F)cc1. The molecule has 0 heterocycles. The van der Waals surface area contributed by atoms with E-state index in [2.05, 4.69) is 10.6 Å². The molecule has 2 amide bonds. The lowest BCUT2D eigenvalue weighted by molar-refractivity contribution is -0.128. The van der Waals surface area contributed by atoms with Gasteiger partial charge in [0.2, 0.25) is 11.8 Å². The third-order valence-corrected chi connectivity index (χ3v) is 3.62. The molecule has 0 aliphatic rings. The van der Waals surface area contributed by atoms with E-state index in [1.165, 1.54) is 24.3 Å². The van der Waals surface area contributed by atoms with Gasteiger partial charge in [0.25, 0.3) is 0 Å². The molecule has 24 heavy (non-hydrogen) atoms. The number of aliphatic hydroxyl groups is 1. The molecule has 6 heteroatoms. The molecule has 0 fully saturated rings. The van der Waals surface area contributed by atoms with Crippen LogP contribution < -0.4 is 10.6 Å². The second-order valence-electron chi connectivity index (χ2n) is 6.96. The topological polar surface area (TPSA) is 78.4 Å². The number of hydrogen-bond acceptors (Lipinski definition) is 3. The van der Waals surface area contributed by atoms with E-state index in [9.17, 15) is 19.1 Å². The van der Waals surface area contributed by atoms with Gasteiger partial charge in [-0.1, -0.05) is 32.9 Å². The molecule has 1 rings (SSSR count). The summed E-state index contributed by atoms with van der Waals surface area (Å²) in [6.45, 7) is 7.60. The number of nitrogens with one attached hydrogen (secondary N) is 2. The van der Waals surface area contributed by atoms with Crippen molar-refractivity contribution in [1.29, 1.82) is 0 Å². The Balaban J connectivity index is 2.34. The first-order valence-electron chi connectivity index (χ1n) is 8.12. The van der Waals surface area contributed by atoms with Crippen molar-refractivity contribution < 1.29 is 19.1 Å². The zero-order valence-electron chi connectivity index (χ0n) is 14.7. The molecule has 2 unspecified atom stereocenters. The Bertz CT molecular complexity index is 552. The van der Waals surface area contributed by atoms with Crippen molar-refractivity contribution in [2.24, 2.45) is 5.41 Å². The van der Waals surface area contributed by atoms with Gasteiger partial charge in [0.05, 0.1) is 12.1 Å². The van der Waals surface area contributed by atoms with Crippen molar-refractivity contribution in [3.63, 3.8) is 0 Å². The molecule has 1 aromatic carbocycles. The van der Waals surface area contributed by atoms with Crippen molar-refractivity contribution >= 4 is 11.8 Å². The van der Waals surface area contributed by atoms with Crippen molar-refractivity contribution in [3.8, 4) is 0 Å². The Labute approximate surface area is 142 Å². The summed E-state index contributed by atoms with van der Waals surface area (Å²) < 4.78 is 12.9. The molecule has 0 saturated heterocycles. The fourth-order valence-electron chi connectivity index (χ4n) is 2.07. The van der Waals surface area contributed by atoms with Gasteiger partial charge in [-0.2, -0.15) is 0 Å². The fourth-order valence-corrected chi connectivity index (χ4v) is 2.07. The molecule has 0 bridgehead atoms. The summed E-state index contributed by atoms with van der Waals surface area (Å²) in [5.74, 6) is -0.628. The predicted octanol–water partition coefficient (Wildman–Crippen LogP) is 2.31. The standard InChI is InChI=1S/C18H27FN2O3/c1-12(16(23)13-7-9-14(19)10-8-13)21-15(22)6-5-11-20-17(24)18(2,3)4/h7-10,12,16,23H,5-6,11H2,1-4H3,(H,20,24)(H,21,22). The van der Waals surface area contributed by atoms with Gasteiger partial charge in [0, 0.05) is 18.4 Å². The van der Waals surface area contributed by atoms with Gasteiger partial charge in [-0.15, -0.1) is 0 Å². The summed E-state index contributed by atoms with van der Waals surface area (Å²) in [7, 11) is 0. The van der Waals surface area contributed by atoms with Crippen molar-refractivity contribution in [2.45, 2.75) is 52.7 Å². The molecule has 0 radical (unpaired) electrons. The number of carbonyl (C=O) groups excluding carboxylic acids is 2. The molecule has 1 aromatic rings. The molecule has 0 saturated carbocycles. The number of rotatable bonds is 7. The molecule has 0 aliphatic heterocycles. The summed E-state index contributed by atoms with van der Waals surface area (Å²) in [5.41, 5.74) is 0.0948. The first-order valence-corrected chi connectivity index (χ1v) is 8.12. The quantitative estimate of drug-likeness (QED) is 0.668. The van der Waals surface area contributed by atoms with Crippen LogP contribution in [0.5, 0.6) is 0 Å². The highest BCUT2D eigenvalue weighted by atomic mass is 19.1. The molecule has 0 aliphatic carbocycles. The van der Waals surface area contributed by atoms with Crippen LogP contribution in [0.1, 0.15) is 52.2 Å². The van der Waals surface area contributed by atoms with E-state index >= 15 is 0 Å². The van der Waals surface area contributed by atoms with Crippen LogP contribution >= 0.6 is 0 Å². The second kappa shape index (κ2) is 8.78. The van der Waals surface area contributed by atoms with Crippen molar-refractivity contribution in [3.05, 3.63) is 35.6 Å². The van der Waals surface area contributed by atoms with E-state index in [1.54, 1.807) is 6.92 Å². The summed E-state index contributed by atoms with van der Waals surface area (Å²) in [5, 5.41) is 15.7. The van der Waals surface area contributed by atoms with Crippen LogP contribution in [0.15, 0.2) is 24.3 Å². The summed E-state index contributed by atoms with van der Waals surface area (Å²) >= 11 is 0. The van der Waals surface area contributed by atoms with Gasteiger partial charge in [-0.05, 0) is 31.0 Å². The highest BCUT2D eigenvalue weighted by Crippen LogP contribution is 2.17. The lowest BCUT2D eigenvalue weighted by Crippen LogP contribution is -2.38. The van der Waals surface area contributed by atoms with Crippen molar-refractivity contribution in [1.82, 2.24) is 10.6 Å². The van der Waals surface area contributed by atoms with Crippen LogP contribution in [-0.4, -0.2) is 29.5 Å². The third kappa shape index (κ3) is 6.66. The van der Waals surface area contributed by atoms with Gasteiger partial charge in [0.1, 0.15) is 5.82 Å². The molecular weight excluding hydrogens is 311 g/mol. The van der Waals surface area contributed by atoms with Crippen LogP contribution in [0.4, 0.5) is 4.39 Å². The summed E-state index contributed by atoms with van der Waals surface area (Å²) in [4.78, 5) is 23.6. The second-order valence-corrected chi connectivity index (χ2v) is 6.96. The van der Waals surface area contributed by atoms with E-state index < -0.39 is 17.6 Å². The number of hydrogen-bond donors (Lipinski definition) is 3. The Hall–Kier alpha value is -1.95. The smallest absolute Gasteiger partial charge is 0.225 e. The molecule has 5 nitrogen and oxygen atoms in total. The van der Waals surface area contributed by atoms with E-state index in [0.29, 0.717) is 18.5 Å². The maximum absolute atomic E-state index is 12.9. The minimum Gasteiger partial charge on any atom is -0.386 e. The molecular formula is C18H27FN2O3. The van der Waals surface area contributed by atoms with E-state index in [0.717, 1.165) is 0 Å². The summed E-state index contributed by atoms with van der Waals surface area (Å²) in [6, 6.07) is 5.03. The highest BCUT2D eigenvalue weighted by Gasteiger charge is 2.21. The third-order valence-electron chi connectivity index (χ3n) is 3.62. The average Bonchev–Trinajstić information content (AvgIpc) is 2.50. The minimum atomic E-state index is -0.907. The van der Waals surface area contributed by atoms with E-state index in [1.807, 2.05) is 20.8 Å². The predicted molar refractivity (Wildman–Crippen MR) is 90.7 cm³/mol. The van der Waals surface area contributed by atoms with Gasteiger partial charge in [-0.25, -0.2) is 4.39 Å². The van der Waals surface area contributed by atoms with E-state index in [4.69, 9.17) is 0 Å². The number of carbonyl (C=O) groups is 2. The number of halogens is 1. The maximum atomic E-state index is 12.9. The van der Waals surface area contributed by atoms with E-state index in [-0.39, 0.29) is 24.1 Å². The zero-order valence-corrected chi connectivity index (χ0v) is 14.7. The van der Waals surface area contributed by atoms with Crippen molar-refractivity contribution in [2.75, 3.05) is 6.54 Å². The normalized spacial score (nSPS) is 13.9. The largest absolute Gasteiger partial charge is 0.386 e. The molecule has 3 N–H and O–H groups in total. The number of benzene rings is 1. The monoisotopic (exact) mass is 338 g/mol. The lowest BCUT2D eigenvalue weighted by atomic mass is 9.96. The Kier molecular flexibility index (Phi) is 7.35. The molecule has 0 aromatic heterocycles. The van der Waals surface area contributed by atoms with Crippen LogP contribution in [0.3, 0.4) is 0 Å². The molecule has 0 spiro atoms. The van der Waals surface area contributed by atoms with Crippen LogP contribution in [0.2, 0.25) is 0 Å². The van der Waals surface area contributed by atoms with Gasteiger partial charge in [-0.3, -0.25) is 9.59 Å². The lowest BCUT2D eigenvalue weighted by Gasteiger charge is -2.21. The summed E-state index contributed by atoms with van der Waals surface area (Å²) in [6.07, 6.45) is -0.132. The van der Waals surface area contributed by atoms with Gasteiger partial charge >= 0.3 is 0 Å². The number of amides is 2. The van der Waals surface area contributed by atoms with Crippen LogP contribution in [-0.2, 0) is 9.59 Å². The van der Waals surface area contributed by atoms with Gasteiger partial charge < -0.3 is 15.7 Å². The maximum Gasteiger partial charge on any atom is 0.225 e. The first-order chi connectivity index (χ1) is 11.1. The zero-order chi connectivity index (χ0) is 18.3. The molecule has 2 atom stereocenters. The fraction of sp³-hybridized carbons (Fsp3) is 0.556. The van der Waals surface area contributed by atoms with Crippen LogP contribution in [0, 0.1) is 11.2 Å². The minimum absolute atomic E-state index is 0.0528. The Morgan fingerprint density at radius 2 is 1.79 bits per heavy atom.